The molecule has 1 saturated heterocycles. The van der Waals surface area contributed by atoms with Crippen LogP contribution < -0.4 is 10.6 Å². The number of benzene rings is 1. The molecule has 2 atom stereocenters. The number of carboxylic acids is 1. The number of anilines is 1. The van der Waals surface area contributed by atoms with Gasteiger partial charge < -0.3 is 25.2 Å². The van der Waals surface area contributed by atoms with E-state index in [1.807, 2.05) is 6.92 Å². The lowest BCUT2D eigenvalue weighted by molar-refractivity contribution is -0.150. The molecule has 2 rings (SSSR count). The zero-order chi connectivity index (χ0) is 18.9. The third-order valence-electron chi connectivity index (χ3n) is 3.93. The van der Waals surface area contributed by atoms with Gasteiger partial charge in [0, 0.05) is 31.0 Å². The first-order chi connectivity index (χ1) is 12.5. The number of carboxylic acid groups (broad SMARTS) is 1. The maximum absolute atomic E-state index is 12.2. The van der Waals surface area contributed by atoms with Gasteiger partial charge in [0.05, 0.1) is 0 Å². The van der Waals surface area contributed by atoms with Gasteiger partial charge in [-0.2, -0.15) is 0 Å². The van der Waals surface area contributed by atoms with E-state index in [4.69, 9.17) is 14.6 Å². The normalized spacial score (nSPS) is 19.1. The first-order valence-corrected chi connectivity index (χ1v) is 8.66. The van der Waals surface area contributed by atoms with Gasteiger partial charge in [-0.25, -0.2) is 4.79 Å². The second-order valence-corrected chi connectivity index (χ2v) is 5.91. The lowest BCUT2D eigenvalue weighted by atomic mass is 10.1. The minimum atomic E-state index is -1.07. The number of nitrogens with one attached hydrogen (secondary N) is 2. The smallest absolute Gasteiger partial charge is 0.332 e. The van der Waals surface area contributed by atoms with Crippen molar-refractivity contribution in [3.05, 3.63) is 29.8 Å². The van der Waals surface area contributed by atoms with Crippen LogP contribution in [0.5, 0.6) is 0 Å². The van der Waals surface area contributed by atoms with Gasteiger partial charge in [0.15, 0.2) is 6.10 Å². The molecule has 0 aromatic heterocycles. The number of amides is 2. The van der Waals surface area contributed by atoms with Crippen molar-refractivity contribution in [3.8, 4) is 0 Å². The molecule has 0 radical (unpaired) electrons. The summed E-state index contributed by atoms with van der Waals surface area (Å²) in [5.41, 5.74) is 0.884. The Morgan fingerprint density at radius 3 is 2.73 bits per heavy atom. The van der Waals surface area contributed by atoms with Crippen LogP contribution >= 0.6 is 0 Å². The van der Waals surface area contributed by atoms with Crippen LogP contribution in [0.2, 0.25) is 0 Å². The summed E-state index contributed by atoms with van der Waals surface area (Å²) in [6, 6.07) is 6.55. The van der Waals surface area contributed by atoms with E-state index in [1.165, 1.54) is 0 Å². The summed E-state index contributed by atoms with van der Waals surface area (Å²) in [6.07, 6.45) is -0.369. The molecule has 2 amide bonds. The highest BCUT2D eigenvalue weighted by molar-refractivity contribution is 5.98. The molecule has 8 heteroatoms. The average Bonchev–Trinajstić information content (AvgIpc) is 3.12. The van der Waals surface area contributed by atoms with Gasteiger partial charge in [0.2, 0.25) is 0 Å². The SMILES string of the molecule is CCOCCCNC(=O)c1cccc(NC(=O)[C@@H]2CC[C@H](C(=O)O)O2)c1. The quantitative estimate of drug-likeness (QED) is 0.571. The summed E-state index contributed by atoms with van der Waals surface area (Å²) in [7, 11) is 0. The number of aliphatic carboxylic acids is 1. The maximum atomic E-state index is 12.2. The van der Waals surface area contributed by atoms with Gasteiger partial charge in [-0.1, -0.05) is 6.07 Å². The number of ether oxygens (including phenoxy) is 2. The van der Waals surface area contributed by atoms with Crippen molar-refractivity contribution in [1.82, 2.24) is 5.32 Å². The predicted octanol–water partition coefficient (Wildman–Crippen LogP) is 1.41. The monoisotopic (exact) mass is 364 g/mol. The van der Waals surface area contributed by atoms with Gasteiger partial charge >= 0.3 is 5.97 Å². The highest BCUT2D eigenvalue weighted by atomic mass is 16.5. The molecule has 1 aliphatic rings. The summed E-state index contributed by atoms with van der Waals surface area (Å²) in [5.74, 6) is -1.72. The minimum Gasteiger partial charge on any atom is -0.479 e. The largest absolute Gasteiger partial charge is 0.479 e. The molecule has 0 unspecified atom stereocenters. The van der Waals surface area contributed by atoms with E-state index >= 15 is 0 Å². The average molecular weight is 364 g/mol. The fourth-order valence-electron chi connectivity index (χ4n) is 2.60. The molecular formula is C18H24N2O6. The Hall–Kier alpha value is -2.45. The van der Waals surface area contributed by atoms with Crippen LogP contribution in [-0.4, -0.2) is 54.9 Å². The van der Waals surface area contributed by atoms with Crippen LogP contribution in [0.4, 0.5) is 5.69 Å². The van der Waals surface area contributed by atoms with E-state index in [-0.39, 0.29) is 5.91 Å². The Morgan fingerprint density at radius 2 is 2.04 bits per heavy atom. The maximum Gasteiger partial charge on any atom is 0.332 e. The Labute approximate surface area is 151 Å². The van der Waals surface area contributed by atoms with Gasteiger partial charge in [0.1, 0.15) is 6.10 Å². The Morgan fingerprint density at radius 1 is 1.27 bits per heavy atom. The second-order valence-electron chi connectivity index (χ2n) is 5.91. The van der Waals surface area contributed by atoms with E-state index in [9.17, 15) is 14.4 Å². The molecule has 0 saturated carbocycles. The lowest BCUT2D eigenvalue weighted by Crippen LogP contribution is -2.30. The van der Waals surface area contributed by atoms with Crippen molar-refractivity contribution < 1.29 is 29.0 Å². The highest BCUT2D eigenvalue weighted by Crippen LogP contribution is 2.21. The second kappa shape index (κ2) is 9.88. The molecule has 1 aromatic rings. The number of hydrogen-bond donors (Lipinski definition) is 3. The molecular weight excluding hydrogens is 340 g/mol. The topological polar surface area (TPSA) is 114 Å². The summed E-state index contributed by atoms with van der Waals surface area (Å²) in [6.45, 7) is 3.65. The van der Waals surface area contributed by atoms with Gasteiger partial charge in [-0.05, 0) is 44.4 Å². The third-order valence-corrected chi connectivity index (χ3v) is 3.93. The van der Waals surface area contributed by atoms with Crippen molar-refractivity contribution in [2.24, 2.45) is 0 Å². The molecule has 1 heterocycles. The van der Waals surface area contributed by atoms with E-state index < -0.39 is 24.1 Å². The molecule has 1 fully saturated rings. The Kier molecular flexibility index (Phi) is 7.55. The highest BCUT2D eigenvalue weighted by Gasteiger charge is 2.34. The third kappa shape index (κ3) is 5.82. The standard InChI is InChI=1S/C18H24N2O6/c1-2-25-10-4-9-19-16(21)12-5-3-6-13(11-12)20-17(22)14-7-8-15(26-14)18(23)24/h3,5-6,11,14-15H,2,4,7-10H2,1H3,(H,19,21)(H,20,22)(H,23,24)/t14-,15+/m0/s1. The molecule has 8 nitrogen and oxygen atoms in total. The zero-order valence-electron chi connectivity index (χ0n) is 14.7. The minimum absolute atomic E-state index is 0.236. The van der Waals surface area contributed by atoms with E-state index in [1.54, 1.807) is 24.3 Å². The van der Waals surface area contributed by atoms with Crippen molar-refractivity contribution in [2.45, 2.75) is 38.4 Å². The zero-order valence-corrected chi connectivity index (χ0v) is 14.7. The molecule has 1 aromatic carbocycles. The van der Waals surface area contributed by atoms with E-state index in [0.29, 0.717) is 43.9 Å². The van der Waals surface area contributed by atoms with Crippen LogP contribution in [0.25, 0.3) is 0 Å². The van der Waals surface area contributed by atoms with E-state index in [2.05, 4.69) is 10.6 Å². The van der Waals surface area contributed by atoms with Crippen molar-refractivity contribution in [3.63, 3.8) is 0 Å². The molecule has 0 spiro atoms. The molecule has 0 aliphatic carbocycles. The van der Waals surface area contributed by atoms with Crippen LogP contribution in [0.15, 0.2) is 24.3 Å². The van der Waals surface area contributed by atoms with Gasteiger partial charge in [0.25, 0.3) is 11.8 Å². The predicted molar refractivity (Wildman–Crippen MR) is 94.0 cm³/mol. The van der Waals surface area contributed by atoms with Crippen LogP contribution in [0, 0.1) is 0 Å². The molecule has 0 bridgehead atoms. The van der Waals surface area contributed by atoms with Crippen molar-refractivity contribution in [1.29, 1.82) is 0 Å². The fraction of sp³-hybridized carbons (Fsp3) is 0.500. The van der Waals surface area contributed by atoms with Crippen LogP contribution in [0.3, 0.4) is 0 Å². The lowest BCUT2D eigenvalue weighted by Gasteiger charge is -2.12. The number of carbonyl (C=O) groups excluding carboxylic acids is 2. The fourth-order valence-corrected chi connectivity index (χ4v) is 2.60. The molecule has 1 aliphatic heterocycles. The summed E-state index contributed by atoms with van der Waals surface area (Å²) in [4.78, 5) is 35.2. The Bertz CT molecular complexity index is 648. The molecule has 26 heavy (non-hydrogen) atoms. The van der Waals surface area contributed by atoms with Crippen molar-refractivity contribution in [2.75, 3.05) is 25.1 Å². The summed E-state index contributed by atoms with van der Waals surface area (Å²) < 4.78 is 10.4. The van der Waals surface area contributed by atoms with Crippen molar-refractivity contribution >= 4 is 23.5 Å². The van der Waals surface area contributed by atoms with E-state index in [0.717, 1.165) is 6.42 Å². The summed E-state index contributed by atoms with van der Waals surface area (Å²) in [5, 5.41) is 14.4. The number of carbonyl (C=O) groups is 3. The first-order valence-electron chi connectivity index (χ1n) is 8.66. The molecule has 3 N–H and O–H groups in total. The summed E-state index contributed by atoms with van der Waals surface area (Å²) >= 11 is 0. The number of hydrogen-bond acceptors (Lipinski definition) is 5. The first kappa shape index (κ1) is 19.9. The van der Waals surface area contributed by atoms with Gasteiger partial charge in [-0.15, -0.1) is 0 Å². The number of rotatable bonds is 9. The molecule has 142 valence electrons. The van der Waals surface area contributed by atoms with Crippen LogP contribution in [0.1, 0.15) is 36.5 Å². The Balaban J connectivity index is 1.85. The van der Waals surface area contributed by atoms with Gasteiger partial charge in [-0.3, -0.25) is 9.59 Å². The van der Waals surface area contributed by atoms with Crippen LogP contribution in [-0.2, 0) is 19.1 Å².